The first-order valence-corrected chi connectivity index (χ1v) is 9.35. The van der Waals surface area contributed by atoms with Crippen LogP contribution in [0, 0.1) is 5.82 Å². The summed E-state index contributed by atoms with van der Waals surface area (Å²) in [5.74, 6) is -0.754. The lowest BCUT2D eigenvalue weighted by Gasteiger charge is -2.19. The van der Waals surface area contributed by atoms with E-state index in [9.17, 15) is 9.18 Å². The van der Waals surface area contributed by atoms with E-state index in [4.69, 9.17) is 11.6 Å². The summed E-state index contributed by atoms with van der Waals surface area (Å²) in [5, 5.41) is 4.70. The van der Waals surface area contributed by atoms with Crippen LogP contribution in [0.5, 0.6) is 0 Å². The summed E-state index contributed by atoms with van der Waals surface area (Å²) in [6, 6.07) is 21.2. The number of aromatic amines is 1. The molecule has 5 heteroatoms. The van der Waals surface area contributed by atoms with Gasteiger partial charge in [0.05, 0.1) is 0 Å². The summed E-state index contributed by atoms with van der Waals surface area (Å²) in [6.07, 6.45) is 1.96. The normalized spacial score (nSPS) is 12.1. The van der Waals surface area contributed by atoms with Crippen LogP contribution in [0.4, 0.5) is 4.39 Å². The number of hydrogen-bond acceptors (Lipinski definition) is 1. The lowest BCUT2D eigenvalue weighted by Crippen LogP contribution is -2.29. The summed E-state index contributed by atoms with van der Waals surface area (Å²) in [5.41, 5.74) is 3.44. The van der Waals surface area contributed by atoms with Gasteiger partial charge in [-0.25, -0.2) is 4.39 Å². The van der Waals surface area contributed by atoms with Crippen molar-refractivity contribution in [2.24, 2.45) is 0 Å². The quantitative estimate of drug-likeness (QED) is 0.461. The number of benzene rings is 3. The molecule has 4 rings (SSSR count). The average molecular weight is 393 g/mol. The largest absolute Gasteiger partial charge is 0.361 e. The van der Waals surface area contributed by atoms with Crippen LogP contribution in [-0.2, 0) is 0 Å². The molecule has 28 heavy (non-hydrogen) atoms. The number of nitrogens with one attached hydrogen (secondary N) is 2. The molecule has 1 amide bonds. The third kappa shape index (κ3) is 3.64. The van der Waals surface area contributed by atoms with Gasteiger partial charge in [0.25, 0.3) is 5.91 Å². The molecule has 140 valence electrons. The minimum atomic E-state index is -0.371. The number of carbonyl (C=O) groups excluding carboxylic acids is 1. The van der Waals surface area contributed by atoms with Gasteiger partial charge in [0, 0.05) is 40.1 Å². The number of fused-ring (bicyclic) bond motifs is 1. The van der Waals surface area contributed by atoms with Crippen molar-refractivity contribution in [1.82, 2.24) is 10.3 Å². The molecular formula is C23H18ClFN2O. The van der Waals surface area contributed by atoms with Crippen LogP contribution in [0.3, 0.4) is 0 Å². The molecule has 0 aliphatic carbocycles. The van der Waals surface area contributed by atoms with Gasteiger partial charge < -0.3 is 10.3 Å². The van der Waals surface area contributed by atoms with E-state index >= 15 is 0 Å². The van der Waals surface area contributed by atoms with Crippen molar-refractivity contribution in [3.8, 4) is 0 Å². The van der Waals surface area contributed by atoms with Crippen molar-refractivity contribution in [3.05, 3.63) is 107 Å². The highest BCUT2D eigenvalue weighted by Crippen LogP contribution is 2.34. The van der Waals surface area contributed by atoms with Crippen LogP contribution >= 0.6 is 11.6 Å². The van der Waals surface area contributed by atoms with E-state index in [1.807, 2.05) is 54.7 Å². The fourth-order valence-corrected chi connectivity index (χ4v) is 3.69. The van der Waals surface area contributed by atoms with E-state index in [2.05, 4.69) is 10.3 Å². The fraction of sp³-hybridized carbons (Fsp3) is 0.0870. The molecule has 3 aromatic carbocycles. The lowest BCUT2D eigenvalue weighted by atomic mass is 9.90. The zero-order chi connectivity index (χ0) is 19.5. The van der Waals surface area contributed by atoms with Crippen LogP contribution in [0.25, 0.3) is 10.9 Å². The van der Waals surface area contributed by atoms with Gasteiger partial charge in [-0.3, -0.25) is 4.79 Å². The molecule has 0 aliphatic rings. The topological polar surface area (TPSA) is 44.9 Å². The van der Waals surface area contributed by atoms with Gasteiger partial charge in [0.15, 0.2) is 0 Å². The number of amides is 1. The Kier molecular flexibility index (Phi) is 5.13. The Morgan fingerprint density at radius 2 is 1.68 bits per heavy atom. The minimum absolute atomic E-state index is 0.130. The molecular weight excluding hydrogens is 375 g/mol. The third-order valence-electron chi connectivity index (χ3n) is 4.85. The molecule has 4 aromatic rings. The molecule has 0 saturated heterocycles. The zero-order valence-electron chi connectivity index (χ0n) is 15.0. The Hall–Kier alpha value is -3.11. The minimum Gasteiger partial charge on any atom is -0.361 e. The van der Waals surface area contributed by atoms with Crippen molar-refractivity contribution in [2.75, 3.05) is 6.54 Å². The van der Waals surface area contributed by atoms with Crippen LogP contribution in [0.15, 0.2) is 79.0 Å². The molecule has 1 atom stereocenters. The maximum Gasteiger partial charge on any atom is 0.251 e. The fourth-order valence-electron chi connectivity index (χ4n) is 3.43. The molecule has 0 aliphatic heterocycles. The molecule has 1 aromatic heterocycles. The van der Waals surface area contributed by atoms with Crippen LogP contribution in [0.1, 0.15) is 27.4 Å². The highest BCUT2D eigenvalue weighted by atomic mass is 35.5. The van der Waals surface area contributed by atoms with Gasteiger partial charge in [-0.1, -0.05) is 48.0 Å². The van der Waals surface area contributed by atoms with E-state index in [0.717, 1.165) is 22.0 Å². The van der Waals surface area contributed by atoms with E-state index in [1.165, 1.54) is 24.3 Å². The van der Waals surface area contributed by atoms with Gasteiger partial charge in [-0.15, -0.1) is 0 Å². The summed E-state index contributed by atoms with van der Waals surface area (Å²) < 4.78 is 13.1. The van der Waals surface area contributed by atoms with E-state index in [1.54, 1.807) is 0 Å². The lowest BCUT2D eigenvalue weighted by molar-refractivity contribution is 0.0952. The van der Waals surface area contributed by atoms with Crippen LogP contribution in [0.2, 0.25) is 5.02 Å². The van der Waals surface area contributed by atoms with Crippen molar-refractivity contribution < 1.29 is 9.18 Å². The molecule has 0 fully saturated rings. The number of H-pyrrole nitrogens is 1. The Morgan fingerprint density at radius 1 is 0.964 bits per heavy atom. The molecule has 2 N–H and O–H groups in total. The average Bonchev–Trinajstić information content (AvgIpc) is 3.14. The Labute approximate surface area is 167 Å². The molecule has 0 radical (unpaired) electrons. The van der Waals surface area contributed by atoms with E-state index in [0.29, 0.717) is 17.1 Å². The predicted octanol–water partition coefficient (Wildman–Crippen LogP) is 5.52. The summed E-state index contributed by atoms with van der Waals surface area (Å²) in [4.78, 5) is 15.8. The maximum absolute atomic E-state index is 13.1. The number of aromatic nitrogens is 1. The Balaban J connectivity index is 1.67. The molecule has 0 saturated carbocycles. The standard InChI is InChI=1S/C23H18ClFN2O/c24-21-7-3-1-5-17(21)19(20-13-26-22-8-4-2-6-18(20)22)14-27-23(28)15-9-11-16(25)12-10-15/h1-13,19,26H,14H2,(H,27,28)/t19-/m0/s1. The third-order valence-corrected chi connectivity index (χ3v) is 5.19. The van der Waals surface area contributed by atoms with Gasteiger partial charge in [-0.05, 0) is 47.5 Å². The van der Waals surface area contributed by atoms with Crippen molar-refractivity contribution in [2.45, 2.75) is 5.92 Å². The van der Waals surface area contributed by atoms with E-state index in [-0.39, 0.29) is 17.6 Å². The molecule has 3 nitrogen and oxygen atoms in total. The van der Waals surface area contributed by atoms with E-state index < -0.39 is 0 Å². The number of hydrogen-bond donors (Lipinski definition) is 2. The van der Waals surface area contributed by atoms with Gasteiger partial charge in [0.1, 0.15) is 5.82 Å². The highest BCUT2D eigenvalue weighted by Gasteiger charge is 2.21. The smallest absolute Gasteiger partial charge is 0.251 e. The second-order valence-electron chi connectivity index (χ2n) is 6.58. The molecule has 0 bridgehead atoms. The number of para-hydroxylation sites is 1. The second-order valence-corrected chi connectivity index (χ2v) is 6.99. The molecule has 1 heterocycles. The number of halogens is 2. The van der Waals surface area contributed by atoms with Gasteiger partial charge >= 0.3 is 0 Å². The maximum atomic E-state index is 13.1. The zero-order valence-corrected chi connectivity index (χ0v) is 15.7. The van der Waals surface area contributed by atoms with Crippen molar-refractivity contribution >= 4 is 28.4 Å². The summed E-state index contributed by atoms with van der Waals surface area (Å²) >= 11 is 6.47. The number of rotatable bonds is 5. The predicted molar refractivity (Wildman–Crippen MR) is 110 cm³/mol. The Morgan fingerprint density at radius 3 is 2.46 bits per heavy atom. The monoisotopic (exact) mass is 392 g/mol. The first-order valence-electron chi connectivity index (χ1n) is 8.97. The SMILES string of the molecule is O=C(NC[C@@H](c1ccccc1Cl)c1c[nH]c2ccccc12)c1ccc(F)cc1. The Bertz CT molecular complexity index is 1120. The van der Waals surface area contributed by atoms with Crippen LogP contribution < -0.4 is 5.32 Å². The highest BCUT2D eigenvalue weighted by molar-refractivity contribution is 6.31. The first kappa shape index (κ1) is 18.3. The second kappa shape index (κ2) is 7.87. The first-order chi connectivity index (χ1) is 13.6. The molecule has 0 unspecified atom stereocenters. The van der Waals surface area contributed by atoms with Crippen LogP contribution in [-0.4, -0.2) is 17.4 Å². The molecule has 0 spiro atoms. The van der Waals surface area contributed by atoms with Crippen molar-refractivity contribution in [1.29, 1.82) is 0 Å². The summed E-state index contributed by atoms with van der Waals surface area (Å²) in [6.45, 7) is 0.363. The van der Waals surface area contributed by atoms with Gasteiger partial charge in [0.2, 0.25) is 0 Å². The summed E-state index contributed by atoms with van der Waals surface area (Å²) in [7, 11) is 0. The van der Waals surface area contributed by atoms with Gasteiger partial charge in [-0.2, -0.15) is 0 Å². The van der Waals surface area contributed by atoms with Crippen molar-refractivity contribution in [3.63, 3.8) is 0 Å². The number of carbonyl (C=O) groups is 1.